The molecule has 8 heteroatoms. The summed E-state index contributed by atoms with van der Waals surface area (Å²) in [6.07, 6.45) is 0. The van der Waals surface area contributed by atoms with Crippen molar-refractivity contribution in [2.24, 2.45) is 0 Å². The molecule has 2 rings (SSSR count). The molecule has 0 atom stereocenters. The molecule has 1 amide bonds. The third kappa shape index (κ3) is 5.10. The Morgan fingerprint density at radius 2 is 2.14 bits per heavy atom. The second kappa shape index (κ2) is 7.46. The summed E-state index contributed by atoms with van der Waals surface area (Å²) >= 11 is 5.78. The Labute approximate surface area is 131 Å². The van der Waals surface area contributed by atoms with Gasteiger partial charge in [-0.25, -0.2) is 4.79 Å². The molecular weight excluding hydrogens is 312 g/mol. The van der Waals surface area contributed by atoms with Gasteiger partial charge in [-0.15, -0.1) is 0 Å². The lowest BCUT2D eigenvalue weighted by molar-refractivity contribution is -0.149. The van der Waals surface area contributed by atoms with Gasteiger partial charge in [0.2, 0.25) is 0 Å². The van der Waals surface area contributed by atoms with Crippen LogP contribution >= 0.6 is 11.6 Å². The maximum Gasteiger partial charge on any atom is 0.344 e. The molecular formula is C14H13ClN2O5. The van der Waals surface area contributed by atoms with Crippen LogP contribution in [-0.2, 0) is 14.3 Å². The van der Waals surface area contributed by atoms with Crippen LogP contribution in [0.25, 0.3) is 0 Å². The quantitative estimate of drug-likeness (QED) is 0.819. The van der Waals surface area contributed by atoms with Gasteiger partial charge >= 0.3 is 5.97 Å². The van der Waals surface area contributed by atoms with Crippen molar-refractivity contribution in [3.05, 3.63) is 41.1 Å². The Hall–Kier alpha value is -2.54. The van der Waals surface area contributed by atoms with Crippen molar-refractivity contribution in [2.45, 2.75) is 6.92 Å². The van der Waals surface area contributed by atoms with E-state index in [9.17, 15) is 9.59 Å². The number of benzene rings is 1. The van der Waals surface area contributed by atoms with Gasteiger partial charge in [0.05, 0.1) is 0 Å². The van der Waals surface area contributed by atoms with E-state index in [2.05, 4.69) is 10.5 Å². The highest BCUT2D eigenvalue weighted by Gasteiger charge is 2.10. The first kappa shape index (κ1) is 15.8. The summed E-state index contributed by atoms with van der Waals surface area (Å²) in [4.78, 5) is 23.0. The molecule has 0 spiro atoms. The highest BCUT2D eigenvalue weighted by molar-refractivity contribution is 6.30. The zero-order valence-electron chi connectivity index (χ0n) is 11.7. The van der Waals surface area contributed by atoms with Crippen LogP contribution < -0.4 is 10.1 Å². The number of halogens is 1. The van der Waals surface area contributed by atoms with E-state index < -0.39 is 18.5 Å². The minimum atomic E-state index is -0.675. The molecule has 0 aliphatic rings. The molecule has 2 aromatic rings. The molecule has 0 saturated carbocycles. The van der Waals surface area contributed by atoms with Crippen LogP contribution in [0.1, 0.15) is 5.76 Å². The molecule has 0 fully saturated rings. The van der Waals surface area contributed by atoms with Crippen LogP contribution in [0.3, 0.4) is 0 Å². The summed E-state index contributed by atoms with van der Waals surface area (Å²) < 4.78 is 14.7. The van der Waals surface area contributed by atoms with Crippen LogP contribution in [-0.4, -0.2) is 30.2 Å². The fourth-order valence-corrected chi connectivity index (χ4v) is 1.67. The second-order valence-corrected chi connectivity index (χ2v) is 4.71. The predicted molar refractivity (Wildman–Crippen MR) is 77.8 cm³/mol. The lowest BCUT2D eigenvalue weighted by Crippen LogP contribution is -2.23. The van der Waals surface area contributed by atoms with Gasteiger partial charge in [-0.2, -0.15) is 0 Å². The van der Waals surface area contributed by atoms with Crippen LogP contribution in [0.2, 0.25) is 5.02 Å². The fraction of sp³-hybridized carbons (Fsp3) is 0.214. The third-order valence-electron chi connectivity index (χ3n) is 2.41. The van der Waals surface area contributed by atoms with Crippen molar-refractivity contribution >= 4 is 29.3 Å². The first-order valence-electron chi connectivity index (χ1n) is 6.30. The SMILES string of the molecule is Cc1cc(NC(=O)COC(=O)COc2cccc(Cl)c2)no1. The van der Waals surface area contributed by atoms with Gasteiger partial charge in [0.25, 0.3) is 5.91 Å². The highest BCUT2D eigenvalue weighted by Crippen LogP contribution is 2.16. The average Bonchev–Trinajstić information content (AvgIpc) is 2.88. The predicted octanol–water partition coefficient (Wildman–Crippen LogP) is 2.20. The largest absolute Gasteiger partial charge is 0.482 e. The van der Waals surface area contributed by atoms with Gasteiger partial charge < -0.3 is 19.3 Å². The molecule has 0 bridgehead atoms. The molecule has 1 heterocycles. The zero-order chi connectivity index (χ0) is 15.9. The lowest BCUT2D eigenvalue weighted by atomic mass is 10.3. The van der Waals surface area contributed by atoms with Crippen molar-refractivity contribution < 1.29 is 23.6 Å². The van der Waals surface area contributed by atoms with E-state index in [1.807, 2.05) is 0 Å². The maximum absolute atomic E-state index is 11.5. The number of rotatable bonds is 6. The zero-order valence-corrected chi connectivity index (χ0v) is 12.4. The van der Waals surface area contributed by atoms with E-state index in [0.717, 1.165) is 0 Å². The third-order valence-corrected chi connectivity index (χ3v) is 2.65. The van der Waals surface area contributed by atoms with Gasteiger partial charge in [-0.1, -0.05) is 22.8 Å². The topological polar surface area (TPSA) is 90.7 Å². The van der Waals surface area contributed by atoms with Crippen LogP contribution in [0, 0.1) is 6.92 Å². The molecule has 0 saturated heterocycles. The van der Waals surface area contributed by atoms with Gasteiger partial charge in [-0.05, 0) is 25.1 Å². The van der Waals surface area contributed by atoms with E-state index >= 15 is 0 Å². The number of esters is 1. The molecule has 1 N–H and O–H groups in total. The Kier molecular flexibility index (Phi) is 5.37. The molecule has 7 nitrogen and oxygen atoms in total. The highest BCUT2D eigenvalue weighted by atomic mass is 35.5. The van der Waals surface area contributed by atoms with Gasteiger partial charge in [0.1, 0.15) is 11.5 Å². The lowest BCUT2D eigenvalue weighted by Gasteiger charge is -2.07. The van der Waals surface area contributed by atoms with Crippen molar-refractivity contribution in [2.75, 3.05) is 18.5 Å². The summed E-state index contributed by atoms with van der Waals surface area (Å²) in [5.41, 5.74) is 0. The molecule has 0 aliphatic heterocycles. The van der Waals surface area contributed by atoms with Crippen LogP contribution in [0.15, 0.2) is 34.9 Å². The van der Waals surface area contributed by atoms with E-state index in [1.165, 1.54) is 0 Å². The Bertz CT molecular complexity index is 671. The summed E-state index contributed by atoms with van der Waals surface area (Å²) in [6, 6.07) is 8.13. The second-order valence-electron chi connectivity index (χ2n) is 4.28. The molecule has 0 unspecified atom stereocenters. The molecule has 1 aromatic carbocycles. The Balaban J connectivity index is 1.70. The molecule has 116 valence electrons. The van der Waals surface area contributed by atoms with Crippen molar-refractivity contribution in [3.8, 4) is 5.75 Å². The summed E-state index contributed by atoms with van der Waals surface area (Å²) in [5, 5.41) is 6.50. The van der Waals surface area contributed by atoms with Gasteiger partial charge in [0, 0.05) is 11.1 Å². The Morgan fingerprint density at radius 1 is 1.32 bits per heavy atom. The summed E-state index contributed by atoms with van der Waals surface area (Å²) in [5.74, 6) is 0.0544. The van der Waals surface area contributed by atoms with Gasteiger partial charge in [-0.3, -0.25) is 4.79 Å². The normalized spacial score (nSPS) is 10.1. The average molecular weight is 325 g/mol. The molecule has 1 aromatic heterocycles. The van der Waals surface area contributed by atoms with E-state index in [0.29, 0.717) is 16.5 Å². The van der Waals surface area contributed by atoms with E-state index in [-0.39, 0.29) is 12.4 Å². The molecule has 0 radical (unpaired) electrons. The van der Waals surface area contributed by atoms with E-state index in [1.54, 1.807) is 37.3 Å². The number of aryl methyl sites for hydroxylation is 1. The number of carbonyl (C=O) groups excluding carboxylic acids is 2. The fourth-order valence-electron chi connectivity index (χ4n) is 1.49. The van der Waals surface area contributed by atoms with Crippen molar-refractivity contribution in [3.63, 3.8) is 0 Å². The number of anilines is 1. The smallest absolute Gasteiger partial charge is 0.344 e. The maximum atomic E-state index is 11.5. The summed E-state index contributed by atoms with van der Waals surface area (Å²) in [6.45, 7) is 0.927. The number of ether oxygens (including phenoxy) is 2. The first-order chi connectivity index (χ1) is 10.5. The van der Waals surface area contributed by atoms with Crippen LogP contribution in [0.4, 0.5) is 5.82 Å². The van der Waals surface area contributed by atoms with E-state index in [4.69, 9.17) is 25.6 Å². The van der Waals surface area contributed by atoms with Crippen molar-refractivity contribution in [1.29, 1.82) is 0 Å². The number of amides is 1. The number of hydrogen-bond acceptors (Lipinski definition) is 6. The number of hydrogen-bond donors (Lipinski definition) is 1. The number of aromatic nitrogens is 1. The Morgan fingerprint density at radius 3 is 2.82 bits per heavy atom. The monoisotopic (exact) mass is 324 g/mol. The number of carbonyl (C=O) groups is 2. The number of nitrogens with one attached hydrogen (secondary N) is 1. The minimum absolute atomic E-state index is 0.258. The summed E-state index contributed by atoms with van der Waals surface area (Å²) in [7, 11) is 0. The first-order valence-corrected chi connectivity index (χ1v) is 6.68. The minimum Gasteiger partial charge on any atom is -0.482 e. The van der Waals surface area contributed by atoms with Crippen LogP contribution in [0.5, 0.6) is 5.75 Å². The standard InChI is InChI=1S/C14H13ClN2O5/c1-9-5-12(17-22-9)16-13(18)7-21-14(19)8-20-11-4-2-3-10(15)6-11/h2-6H,7-8H2,1H3,(H,16,17,18). The molecule has 22 heavy (non-hydrogen) atoms. The molecule has 0 aliphatic carbocycles. The van der Waals surface area contributed by atoms with Crippen molar-refractivity contribution in [1.82, 2.24) is 5.16 Å². The number of nitrogens with zero attached hydrogens (tertiary/aromatic N) is 1. The van der Waals surface area contributed by atoms with Gasteiger partial charge in [0.15, 0.2) is 19.0 Å².